The van der Waals surface area contributed by atoms with Gasteiger partial charge in [0.2, 0.25) is 0 Å². The number of nitrogens with zero attached hydrogens (tertiary/aromatic N) is 3. The number of imide groups is 1. The van der Waals surface area contributed by atoms with Crippen LogP contribution in [-0.4, -0.2) is 77.5 Å². The minimum Gasteiger partial charge on any atom is -0.465 e. The largest absolute Gasteiger partial charge is 0.495 e. The zero-order chi connectivity index (χ0) is 27.4. The monoisotopic (exact) mass is 522 g/mol. The van der Waals surface area contributed by atoms with Crippen LogP contribution in [0.5, 0.6) is 0 Å². The van der Waals surface area contributed by atoms with Crippen molar-refractivity contribution in [3.05, 3.63) is 46.6 Å². The number of carboxylic acid groups (broad SMARTS) is 1. The average Bonchev–Trinajstić information content (AvgIpc) is 3.51. The van der Waals surface area contributed by atoms with Crippen LogP contribution >= 0.6 is 0 Å². The summed E-state index contributed by atoms with van der Waals surface area (Å²) in [6.07, 6.45) is -0.339. The SMILES string of the molecule is CN(C)Cc1nc(Nc2ccc(B3OC(C)(C)C(C)(C)O3)c3c2C(=O)N(C(=O)O)C3)ccc1C1CCOC1. The van der Waals surface area contributed by atoms with Gasteiger partial charge in [-0.1, -0.05) is 12.1 Å². The topological polar surface area (TPSA) is 113 Å². The van der Waals surface area contributed by atoms with Gasteiger partial charge in [-0.2, -0.15) is 0 Å². The van der Waals surface area contributed by atoms with Crippen molar-refractivity contribution in [3.8, 4) is 0 Å². The first-order valence-corrected chi connectivity index (χ1v) is 12.9. The van der Waals surface area contributed by atoms with Crippen molar-refractivity contribution >= 4 is 36.1 Å². The van der Waals surface area contributed by atoms with Gasteiger partial charge in [-0.3, -0.25) is 4.79 Å². The zero-order valence-corrected chi connectivity index (χ0v) is 22.8. The lowest BCUT2D eigenvalue weighted by molar-refractivity contribution is 0.00578. The number of benzene rings is 1. The van der Waals surface area contributed by atoms with E-state index < -0.39 is 30.3 Å². The molecule has 0 bridgehead atoms. The molecule has 11 heteroatoms. The molecule has 0 radical (unpaired) electrons. The summed E-state index contributed by atoms with van der Waals surface area (Å²) < 4.78 is 18.1. The van der Waals surface area contributed by atoms with Crippen molar-refractivity contribution in [2.45, 2.75) is 64.3 Å². The molecule has 1 unspecified atom stereocenters. The zero-order valence-electron chi connectivity index (χ0n) is 22.8. The molecule has 2 amide bonds. The second-order valence-electron chi connectivity index (χ2n) is 11.5. The van der Waals surface area contributed by atoms with E-state index in [9.17, 15) is 14.7 Å². The number of rotatable bonds is 6. The highest BCUT2D eigenvalue weighted by Crippen LogP contribution is 2.39. The predicted molar refractivity (Wildman–Crippen MR) is 143 cm³/mol. The Kier molecular flexibility index (Phi) is 6.75. The number of hydrogen-bond acceptors (Lipinski definition) is 8. The number of fused-ring (bicyclic) bond motifs is 1. The first kappa shape index (κ1) is 26.6. The standard InChI is InChI=1S/C27H35BN4O6/c1-26(2)27(3,4)38-28(37-26)19-8-9-20(23-18(19)13-32(24(23)33)25(34)35)29-22-10-7-17(16-11-12-36-15-16)21(30-22)14-31(5)6/h7-10,16H,11-15H2,1-6H3,(H,29,30)(H,34,35). The lowest BCUT2D eigenvalue weighted by Gasteiger charge is -2.32. The van der Waals surface area contributed by atoms with E-state index >= 15 is 0 Å². The van der Waals surface area contributed by atoms with Crippen molar-refractivity contribution < 1.29 is 28.7 Å². The molecule has 2 aromatic rings. The van der Waals surface area contributed by atoms with Crippen LogP contribution in [0.4, 0.5) is 16.3 Å². The van der Waals surface area contributed by atoms with Crippen molar-refractivity contribution in [2.24, 2.45) is 0 Å². The van der Waals surface area contributed by atoms with Crippen LogP contribution in [-0.2, 0) is 27.1 Å². The van der Waals surface area contributed by atoms with Crippen LogP contribution in [0.25, 0.3) is 0 Å². The van der Waals surface area contributed by atoms with E-state index in [2.05, 4.69) is 16.3 Å². The summed E-state index contributed by atoms with van der Waals surface area (Å²) in [5.74, 6) is 0.305. The quantitative estimate of drug-likeness (QED) is 0.552. The van der Waals surface area contributed by atoms with Gasteiger partial charge in [0.05, 0.1) is 41.3 Å². The van der Waals surface area contributed by atoms with E-state index in [1.165, 1.54) is 0 Å². The number of ether oxygens (including phenoxy) is 1. The highest BCUT2D eigenvalue weighted by atomic mass is 16.7. The van der Waals surface area contributed by atoms with E-state index in [4.69, 9.17) is 19.0 Å². The Bertz CT molecular complexity index is 1260. The van der Waals surface area contributed by atoms with E-state index in [-0.39, 0.29) is 6.54 Å². The van der Waals surface area contributed by atoms with Gasteiger partial charge in [0.15, 0.2) is 0 Å². The van der Waals surface area contributed by atoms with Crippen molar-refractivity contribution in [1.82, 2.24) is 14.8 Å². The number of amides is 2. The Labute approximate surface area is 223 Å². The van der Waals surface area contributed by atoms with Gasteiger partial charge in [0.1, 0.15) is 5.82 Å². The molecule has 1 atom stereocenters. The highest BCUT2D eigenvalue weighted by Gasteiger charge is 2.53. The maximum Gasteiger partial charge on any atom is 0.495 e. The fourth-order valence-corrected chi connectivity index (χ4v) is 5.19. The predicted octanol–water partition coefficient (Wildman–Crippen LogP) is 3.32. The molecule has 0 saturated carbocycles. The summed E-state index contributed by atoms with van der Waals surface area (Å²) in [5.41, 5.74) is 2.98. The second-order valence-corrected chi connectivity index (χ2v) is 11.5. The molecule has 1 aromatic carbocycles. The third-order valence-corrected chi connectivity index (χ3v) is 7.97. The van der Waals surface area contributed by atoms with Gasteiger partial charge >= 0.3 is 13.2 Å². The number of nitrogens with one attached hydrogen (secondary N) is 1. The van der Waals surface area contributed by atoms with Gasteiger partial charge in [0, 0.05) is 19.1 Å². The van der Waals surface area contributed by atoms with Crippen LogP contribution in [0.2, 0.25) is 0 Å². The number of pyridine rings is 1. The summed E-state index contributed by atoms with van der Waals surface area (Å²) >= 11 is 0. The summed E-state index contributed by atoms with van der Waals surface area (Å²) in [6.45, 7) is 9.83. The van der Waals surface area contributed by atoms with E-state index in [0.29, 0.717) is 47.2 Å². The number of carbonyl (C=O) groups is 2. The van der Waals surface area contributed by atoms with Crippen LogP contribution in [0.1, 0.15) is 67.2 Å². The molecular weight excluding hydrogens is 487 g/mol. The van der Waals surface area contributed by atoms with E-state index in [0.717, 1.165) is 29.2 Å². The lowest BCUT2D eigenvalue weighted by Crippen LogP contribution is -2.41. The van der Waals surface area contributed by atoms with Crippen molar-refractivity contribution in [1.29, 1.82) is 0 Å². The van der Waals surface area contributed by atoms with E-state index in [1.807, 2.05) is 53.9 Å². The van der Waals surface area contributed by atoms with Gasteiger partial charge in [-0.25, -0.2) is 14.7 Å². The molecule has 202 valence electrons. The Morgan fingerprint density at radius 3 is 2.50 bits per heavy atom. The lowest BCUT2D eigenvalue weighted by atomic mass is 9.74. The summed E-state index contributed by atoms with van der Waals surface area (Å²) in [7, 11) is 3.27. The first-order chi connectivity index (χ1) is 17.9. The Hall–Kier alpha value is -2.99. The van der Waals surface area contributed by atoms with E-state index in [1.54, 1.807) is 6.07 Å². The molecule has 2 saturated heterocycles. The highest BCUT2D eigenvalue weighted by molar-refractivity contribution is 6.63. The first-order valence-electron chi connectivity index (χ1n) is 12.9. The summed E-state index contributed by atoms with van der Waals surface area (Å²) in [5, 5.41) is 13.0. The Morgan fingerprint density at radius 1 is 1.18 bits per heavy atom. The summed E-state index contributed by atoms with van der Waals surface area (Å²) in [4.78, 5) is 33.0. The molecule has 3 aliphatic rings. The maximum atomic E-state index is 13.3. The van der Waals surface area contributed by atoms with Gasteiger partial charge in [-0.15, -0.1) is 0 Å². The van der Waals surface area contributed by atoms with Gasteiger partial charge < -0.3 is 29.4 Å². The maximum absolute atomic E-state index is 13.3. The molecule has 1 aromatic heterocycles. The van der Waals surface area contributed by atoms with Crippen molar-refractivity contribution in [3.63, 3.8) is 0 Å². The van der Waals surface area contributed by atoms with Crippen LogP contribution < -0.4 is 10.8 Å². The fourth-order valence-electron chi connectivity index (χ4n) is 5.19. The van der Waals surface area contributed by atoms with Crippen molar-refractivity contribution in [2.75, 3.05) is 32.6 Å². The number of anilines is 2. The smallest absolute Gasteiger partial charge is 0.465 e. The molecule has 3 aliphatic heterocycles. The minimum atomic E-state index is -1.30. The molecule has 10 nitrogen and oxygen atoms in total. The number of carbonyl (C=O) groups excluding carboxylic acids is 1. The number of hydrogen-bond donors (Lipinski definition) is 2. The Balaban J connectivity index is 1.52. The normalized spacial score (nSPS) is 21.9. The minimum absolute atomic E-state index is 0.0711. The van der Waals surface area contributed by atoms with Gasteiger partial charge in [0.25, 0.3) is 5.91 Å². The molecule has 2 fully saturated rings. The molecule has 0 spiro atoms. The second kappa shape index (κ2) is 9.64. The van der Waals surface area contributed by atoms with Crippen LogP contribution in [0.3, 0.4) is 0 Å². The molecule has 4 heterocycles. The third-order valence-electron chi connectivity index (χ3n) is 7.97. The Morgan fingerprint density at radius 2 is 1.89 bits per heavy atom. The molecule has 5 rings (SSSR count). The summed E-state index contributed by atoms with van der Waals surface area (Å²) in [6, 6.07) is 7.58. The van der Waals surface area contributed by atoms with Gasteiger partial charge in [-0.05, 0) is 76.9 Å². The van der Waals surface area contributed by atoms with Crippen LogP contribution in [0, 0.1) is 0 Å². The average molecular weight is 522 g/mol. The molecule has 2 N–H and O–H groups in total. The third kappa shape index (κ3) is 4.68. The van der Waals surface area contributed by atoms with Crippen LogP contribution in [0.15, 0.2) is 24.3 Å². The molecule has 0 aliphatic carbocycles. The molecule has 38 heavy (non-hydrogen) atoms. The molecular formula is C27H35BN4O6. The number of aromatic nitrogens is 1. The fraction of sp³-hybridized carbons (Fsp3) is 0.519.